The molecule has 144 valence electrons. The number of rotatable bonds is 4. The van der Waals surface area contributed by atoms with Crippen LogP contribution in [-0.2, 0) is 6.42 Å². The standard InChI is InChI=1S/C21H23F2NO3/c1-11(2)27-15-6-12(5-14(22)8-15)16-7-13-10-21(3,4)19(24-20(25)26)17(13)9-18(16)23/h5-9,11,19,24H,10H2,1-4H3,(H,25,26)/t19-/m0/s1. The van der Waals surface area contributed by atoms with Gasteiger partial charge >= 0.3 is 6.09 Å². The first-order chi connectivity index (χ1) is 12.6. The molecule has 2 aromatic carbocycles. The number of hydrogen-bond donors (Lipinski definition) is 2. The first-order valence-electron chi connectivity index (χ1n) is 8.86. The van der Waals surface area contributed by atoms with E-state index in [-0.39, 0.29) is 17.1 Å². The summed E-state index contributed by atoms with van der Waals surface area (Å²) in [5.74, 6) is -0.691. The van der Waals surface area contributed by atoms with Gasteiger partial charge in [-0.05, 0) is 66.6 Å². The van der Waals surface area contributed by atoms with Crippen LogP contribution >= 0.6 is 0 Å². The van der Waals surface area contributed by atoms with E-state index in [1.807, 2.05) is 27.7 Å². The second-order valence-corrected chi connectivity index (χ2v) is 7.92. The van der Waals surface area contributed by atoms with E-state index in [1.54, 1.807) is 12.1 Å². The van der Waals surface area contributed by atoms with Crippen LogP contribution in [0.15, 0.2) is 30.3 Å². The SMILES string of the molecule is CC(C)Oc1cc(F)cc(-c2cc3c(cc2F)[C@H](NC(=O)O)C(C)(C)C3)c1. The number of amides is 1. The van der Waals surface area contributed by atoms with E-state index in [0.29, 0.717) is 23.3 Å². The van der Waals surface area contributed by atoms with Crippen molar-refractivity contribution in [1.29, 1.82) is 0 Å². The van der Waals surface area contributed by atoms with Crippen molar-refractivity contribution >= 4 is 6.09 Å². The molecular formula is C21H23F2NO3. The molecule has 4 nitrogen and oxygen atoms in total. The fourth-order valence-electron chi connectivity index (χ4n) is 3.75. The van der Waals surface area contributed by atoms with Crippen LogP contribution in [-0.4, -0.2) is 17.3 Å². The lowest BCUT2D eigenvalue weighted by atomic mass is 9.85. The minimum absolute atomic E-state index is 0.131. The molecule has 0 saturated carbocycles. The average molecular weight is 375 g/mol. The van der Waals surface area contributed by atoms with E-state index < -0.39 is 23.8 Å². The highest BCUT2D eigenvalue weighted by Crippen LogP contribution is 2.47. The maximum atomic E-state index is 14.9. The van der Waals surface area contributed by atoms with Gasteiger partial charge < -0.3 is 15.2 Å². The zero-order valence-corrected chi connectivity index (χ0v) is 15.8. The quantitative estimate of drug-likeness (QED) is 0.761. The van der Waals surface area contributed by atoms with Crippen LogP contribution in [0.25, 0.3) is 11.1 Å². The predicted octanol–water partition coefficient (Wildman–Crippen LogP) is 5.31. The predicted molar refractivity (Wildman–Crippen MR) is 98.9 cm³/mol. The normalized spacial score (nSPS) is 17.7. The van der Waals surface area contributed by atoms with Crippen molar-refractivity contribution in [3.8, 4) is 16.9 Å². The first kappa shape index (κ1) is 19.1. The summed E-state index contributed by atoms with van der Waals surface area (Å²) in [5, 5.41) is 11.6. The van der Waals surface area contributed by atoms with E-state index in [9.17, 15) is 13.6 Å². The Hall–Kier alpha value is -2.63. The molecule has 0 saturated heterocycles. The average Bonchev–Trinajstić information content (AvgIpc) is 2.75. The lowest BCUT2D eigenvalue weighted by Crippen LogP contribution is -2.34. The molecule has 3 rings (SSSR count). The maximum absolute atomic E-state index is 14.9. The van der Waals surface area contributed by atoms with Crippen molar-refractivity contribution in [1.82, 2.24) is 5.32 Å². The van der Waals surface area contributed by atoms with Gasteiger partial charge in [0.05, 0.1) is 12.1 Å². The summed E-state index contributed by atoms with van der Waals surface area (Å²) in [7, 11) is 0. The van der Waals surface area contributed by atoms with E-state index in [0.717, 1.165) is 5.56 Å². The van der Waals surface area contributed by atoms with Gasteiger partial charge in [-0.2, -0.15) is 0 Å². The van der Waals surface area contributed by atoms with Gasteiger partial charge in [0, 0.05) is 11.6 Å². The molecule has 0 aliphatic heterocycles. The highest BCUT2D eigenvalue weighted by Gasteiger charge is 2.40. The lowest BCUT2D eigenvalue weighted by molar-refractivity contribution is 0.175. The van der Waals surface area contributed by atoms with Crippen molar-refractivity contribution in [3.05, 3.63) is 53.1 Å². The Morgan fingerprint density at radius 1 is 1.22 bits per heavy atom. The molecule has 2 aromatic rings. The van der Waals surface area contributed by atoms with Gasteiger partial charge in [-0.25, -0.2) is 13.6 Å². The van der Waals surface area contributed by atoms with Crippen LogP contribution in [0.3, 0.4) is 0 Å². The number of fused-ring (bicyclic) bond motifs is 1. The lowest BCUT2D eigenvalue weighted by Gasteiger charge is -2.27. The van der Waals surface area contributed by atoms with Gasteiger partial charge in [-0.15, -0.1) is 0 Å². The molecule has 1 aliphatic rings. The Morgan fingerprint density at radius 2 is 1.93 bits per heavy atom. The summed E-state index contributed by atoms with van der Waals surface area (Å²) in [4.78, 5) is 11.1. The van der Waals surface area contributed by atoms with Crippen molar-refractivity contribution in [2.45, 2.75) is 46.3 Å². The Bertz CT molecular complexity index is 893. The van der Waals surface area contributed by atoms with E-state index in [1.165, 1.54) is 18.2 Å². The molecule has 0 aromatic heterocycles. The van der Waals surface area contributed by atoms with Crippen LogP contribution in [0.2, 0.25) is 0 Å². The van der Waals surface area contributed by atoms with Gasteiger partial charge in [0.25, 0.3) is 0 Å². The number of ether oxygens (including phenoxy) is 1. The fourth-order valence-corrected chi connectivity index (χ4v) is 3.75. The van der Waals surface area contributed by atoms with Crippen LogP contribution in [0.1, 0.15) is 44.9 Å². The van der Waals surface area contributed by atoms with E-state index in [2.05, 4.69) is 5.32 Å². The Labute approximate surface area is 157 Å². The van der Waals surface area contributed by atoms with E-state index in [4.69, 9.17) is 9.84 Å². The minimum Gasteiger partial charge on any atom is -0.491 e. The molecule has 27 heavy (non-hydrogen) atoms. The molecule has 0 fully saturated rings. The maximum Gasteiger partial charge on any atom is 0.405 e. The van der Waals surface area contributed by atoms with Crippen LogP contribution < -0.4 is 10.1 Å². The van der Waals surface area contributed by atoms with Crippen LogP contribution in [0, 0.1) is 17.0 Å². The molecule has 0 unspecified atom stereocenters. The highest BCUT2D eigenvalue weighted by molar-refractivity contribution is 5.70. The highest BCUT2D eigenvalue weighted by atomic mass is 19.1. The fraction of sp³-hybridized carbons (Fsp3) is 0.381. The molecule has 0 spiro atoms. The van der Waals surface area contributed by atoms with E-state index >= 15 is 0 Å². The number of carboxylic acid groups (broad SMARTS) is 1. The third kappa shape index (κ3) is 3.89. The molecule has 2 N–H and O–H groups in total. The number of benzene rings is 2. The molecular weight excluding hydrogens is 352 g/mol. The molecule has 1 atom stereocenters. The topological polar surface area (TPSA) is 58.6 Å². The summed E-state index contributed by atoms with van der Waals surface area (Å²) in [6.45, 7) is 7.53. The molecule has 6 heteroatoms. The zero-order chi connectivity index (χ0) is 19.9. The summed E-state index contributed by atoms with van der Waals surface area (Å²) in [5.41, 5.74) is 1.75. The van der Waals surface area contributed by atoms with Gasteiger partial charge in [-0.3, -0.25) is 0 Å². The molecule has 0 heterocycles. The zero-order valence-electron chi connectivity index (χ0n) is 15.8. The molecule has 1 amide bonds. The van der Waals surface area contributed by atoms with Gasteiger partial charge in [0.1, 0.15) is 17.4 Å². The van der Waals surface area contributed by atoms with Crippen molar-refractivity contribution in [3.63, 3.8) is 0 Å². The smallest absolute Gasteiger partial charge is 0.405 e. The largest absolute Gasteiger partial charge is 0.491 e. The molecule has 1 aliphatic carbocycles. The summed E-state index contributed by atoms with van der Waals surface area (Å²) >= 11 is 0. The Balaban J connectivity index is 2.06. The van der Waals surface area contributed by atoms with Gasteiger partial charge in [-0.1, -0.05) is 13.8 Å². The van der Waals surface area contributed by atoms with Crippen molar-refractivity contribution < 1.29 is 23.4 Å². The molecule has 0 bridgehead atoms. The Morgan fingerprint density at radius 3 is 2.56 bits per heavy atom. The van der Waals surface area contributed by atoms with Crippen molar-refractivity contribution in [2.24, 2.45) is 5.41 Å². The summed E-state index contributed by atoms with van der Waals surface area (Å²) in [6, 6.07) is 6.69. The van der Waals surface area contributed by atoms with Crippen molar-refractivity contribution in [2.75, 3.05) is 0 Å². The van der Waals surface area contributed by atoms with Gasteiger partial charge in [0.2, 0.25) is 0 Å². The third-order valence-corrected chi connectivity index (χ3v) is 4.79. The van der Waals surface area contributed by atoms with Gasteiger partial charge in [0.15, 0.2) is 0 Å². The monoisotopic (exact) mass is 375 g/mol. The third-order valence-electron chi connectivity index (χ3n) is 4.79. The van der Waals surface area contributed by atoms with Crippen LogP contribution in [0.5, 0.6) is 5.75 Å². The number of nitrogens with one attached hydrogen (secondary N) is 1. The minimum atomic E-state index is -1.15. The van der Waals surface area contributed by atoms with Crippen LogP contribution in [0.4, 0.5) is 13.6 Å². The summed E-state index contributed by atoms with van der Waals surface area (Å²) < 4.78 is 34.4. The first-order valence-corrected chi connectivity index (χ1v) is 8.86. The second-order valence-electron chi connectivity index (χ2n) is 7.92. The number of halogens is 2. The number of carbonyl (C=O) groups is 1. The number of hydrogen-bond acceptors (Lipinski definition) is 2. The second kappa shape index (κ2) is 6.83. The summed E-state index contributed by atoms with van der Waals surface area (Å²) in [6.07, 6.45) is -0.690. The molecule has 0 radical (unpaired) electrons. The Kier molecular flexibility index (Phi) is 4.84.